The Hall–Kier alpha value is -1.81. The highest BCUT2D eigenvalue weighted by molar-refractivity contribution is 7.99. The number of thioether (sulfide) groups is 1. The van der Waals surface area contributed by atoms with Gasteiger partial charge in [0.05, 0.1) is 10.9 Å². The lowest BCUT2D eigenvalue weighted by atomic mass is 9.98. The summed E-state index contributed by atoms with van der Waals surface area (Å²) >= 11 is 1.59. The molecule has 1 unspecified atom stereocenters. The molecule has 96 valence electrons. The molecule has 0 radical (unpaired) electrons. The van der Waals surface area contributed by atoms with E-state index < -0.39 is 0 Å². The van der Waals surface area contributed by atoms with E-state index in [4.69, 9.17) is 4.74 Å². The summed E-state index contributed by atoms with van der Waals surface area (Å²) in [7, 11) is 0. The Morgan fingerprint density at radius 1 is 1.21 bits per heavy atom. The number of carbonyl (C=O) groups is 1. The summed E-state index contributed by atoms with van der Waals surface area (Å²) in [6.45, 7) is 0. The van der Waals surface area contributed by atoms with E-state index >= 15 is 0 Å². The molecule has 0 aliphatic carbocycles. The van der Waals surface area contributed by atoms with Crippen LogP contribution in [0.1, 0.15) is 5.56 Å². The van der Waals surface area contributed by atoms with Gasteiger partial charge in [-0.15, -0.1) is 11.8 Å². The third kappa shape index (κ3) is 2.79. The van der Waals surface area contributed by atoms with Gasteiger partial charge in [-0.05, 0) is 30.2 Å². The maximum atomic E-state index is 11.9. The van der Waals surface area contributed by atoms with Gasteiger partial charge < -0.3 is 4.74 Å². The van der Waals surface area contributed by atoms with Crippen molar-refractivity contribution >= 4 is 17.7 Å². The maximum Gasteiger partial charge on any atom is 0.315 e. The van der Waals surface area contributed by atoms with Crippen molar-refractivity contribution < 1.29 is 9.53 Å². The van der Waals surface area contributed by atoms with E-state index in [0.29, 0.717) is 11.5 Å². The molecule has 1 aliphatic rings. The fourth-order valence-corrected chi connectivity index (χ4v) is 2.99. The lowest BCUT2D eigenvalue weighted by Crippen LogP contribution is -2.29. The average Bonchev–Trinajstić information content (AvgIpc) is 2.46. The summed E-state index contributed by atoms with van der Waals surface area (Å²) in [5, 5.41) is 0.939. The van der Waals surface area contributed by atoms with E-state index in [1.54, 1.807) is 18.0 Å². The number of pyridine rings is 1. The lowest BCUT2D eigenvalue weighted by molar-refractivity contribution is -0.139. The summed E-state index contributed by atoms with van der Waals surface area (Å²) in [6, 6.07) is 13.5. The van der Waals surface area contributed by atoms with Crippen LogP contribution in [-0.4, -0.2) is 16.7 Å². The summed E-state index contributed by atoms with van der Waals surface area (Å²) in [5.74, 6) is 1.17. The molecule has 2 aromatic rings. The van der Waals surface area contributed by atoms with Crippen LogP contribution in [0.25, 0.3) is 0 Å². The van der Waals surface area contributed by atoms with Gasteiger partial charge in [-0.3, -0.25) is 4.79 Å². The van der Waals surface area contributed by atoms with Crippen molar-refractivity contribution in [1.29, 1.82) is 0 Å². The van der Waals surface area contributed by atoms with Crippen LogP contribution in [-0.2, 0) is 11.2 Å². The molecule has 0 fully saturated rings. The van der Waals surface area contributed by atoms with Crippen LogP contribution < -0.4 is 4.74 Å². The Morgan fingerprint density at radius 3 is 2.89 bits per heavy atom. The monoisotopic (exact) mass is 271 g/mol. The number of ether oxygens (including phenoxy) is 1. The molecule has 1 aliphatic heterocycles. The third-order valence-corrected chi connectivity index (χ3v) is 4.16. The molecule has 0 amide bonds. The standard InChI is InChI=1S/C15H13NO2S/c17-15-12(10-19-14-7-3-4-8-16-14)9-11-5-1-2-6-13(11)18-15/h1-8,12H,9-10H2. The average molecular weight is 271 g/mol. The Bertz CT molecular complexity index is 586. The number of nitrogens with zero attached hydrogens (tertiary/aromatic N) is 1. The Balaban J connectivity index is 1.68. The molecule has 1 aromatic carbocycles. The van der Waals surface area contributed by atoms with Gasteiger partial charge in [0.15, 0.2) is 0 Å². The third-order valence-electron chi connectivity index (χ3n) is 3.05. The lowest BCUT2D eigenvalue weighted by Gasteiger charge is -2.22. The first kappa shape index (κ1) is 12.2. The maximum absolute atomic E-state index is 11.9. The number of hydrogen-bond donors (Lipinski definition) is 0. The van der Waals surface area contributed by atoms with Crippen molar-refractivity contribution in [2.75, 3.05) is 5.75 Å². The molecule has 0 bridgehead atoms. The van der Waals surface area contributed by atoms with Gasteiger partial charge in [-0.2, -0.15) is 0 Å². The van der Waals surface area contributed by atoms with E-state index in [0.717, 1.165) is 17.0 Å². The molecule has 0 spiro atoms. The summed E-state index contributed by atoms with van der Waals surface area (Å²) in [4.78, 5) is 16.2. The van der Waals surface area contributed by atoms with Gasteiger partial charge in [-0.1, -0.05) is 24.3 Å². The Kier molecular flexibility index (Phi) is 3.51. The van der Waals surface area contributed by atoms with Crippen LogP contribution in [0.2, 0.25) is 0 Å². The SMILES string of the molecule is O=C1Oc2ccccc2CC1CSc1ccccn1. The van der Waals surface area contributed by atoms with E-state index in [2.05, 4.69) is 4.98 Å². The number of benzene rings is 1. The summed E-state index contributed by atoms with van der Waals surface area (Å²) in [6.07, 6.45) is 2.51. The van der Waals surface area contributed by atoms with E-state index in [-0.39, 0.29) is 11.9 Å². The number of hydrogen-bond acceptors (Lipinski definition) is 4. The topological polar surface area (TPSA) is 39.2 Å². The van der Waals surface area contributed by atoms with Crippen molar-refractivity contribution in [3.05, 3.63) is 54.2 Å². The predicted octanol–water partition coefficient (Wildman–Crippen LogP) is 2.95. The fraction of sp³-hybridized carbons (Fsp3) is 0.200. The van der Waals surface area contributed by atoms with E-state index in [1.807, 2.05) is 42.5 Å². The van der Waals surface area contributed by atoms with Gasteiger partial charge in [0.25, 0.3) is 0 Å². The predicted molar refractivity (Wildman–Crippen MR) is 74.2 cm³/mol. The second-order valence-electron chi connectivity index (χ2n) is 4.41. The smallest absolute Gasteiger partial charge is 0.315 e. The van der Waals surface area contributed by atoms with Crippen molar-refractivity contribution in [3.8, 4) is 5.75 Å². The van der Waals surface area contributed by atoms with Crippen LogP contribution in [0.5, 0.6) is 5.75 Å². The van der Waals surface area contributed by atoms with Crippen LogP contribution in [0.15, 0.2) is 53.7 Å². The number of fused-ring (bicyclic) bond motifs is 1. The van der Waals surface area contributed by atoms with Crippen LogP contribution in [0, 0.1) is 5.92 Å². The minimum absolute atomic E-state index is 0.0955. The van der Waals surface area contributed by atoms with Crippen molar-refractivity contribution in [2.45, 2.75) is 11.4 Å². The van der Waals surface area contributed by atoms with Gasteiger partial charge in [0, 0.05) is 11.9 Å². The normalized spacial score (nSPS) is 17.7. The molecular weight excluding hydrogens is 258 g/mol. The van der Waals surface area contributed by atoms with E-state index in [9.17, 15) is 4.79 Å². The minimum Gasteiger partial charge on any atom is -0.426 e. The van der Waals surface area contributed by atoms with E-state index in [1.165, 1.54) is 0 Å². The Labute approximate surface area is 116 Å². The molecular formula is C15H13NO2S. The highest BCUT2D eigenvalue weighted by Crippen LogP contribution is 2.30. The number of rotatable bonds is 3. The Morgan fingerprint density at radius 2 is 2.05 bits per heavy atom. The summed E-state index contributed by atoms with van der Waals surface area (Å²) in [5.41, 5.74) is 1.11. The molecule has 0 saturated heterocycles. The minimum atomic E-state index is -0.137. The van der Waals surface area contributed by atoms with Crippen LogP contribution in [0.3, 0.4) is 0 Å². The molecule has 1 atom stereocenters. The van der Waals surface area contributed by atoms with Gasteiger partial charge in [0.2, 0.25) is 0 Å². The van der Waals surface area contributed by atoms with Gasteiger partial charge >= 0.3 is 5.97 Å². The number of aromatic nitrogens is 1. The molecule has 2 heterocycles. The zero-order valence-corrected chi connectivity index (χ0v) is 11.1. The highest BCUT2D eigenvalue weighted by atomic mass is 32.2. The fourth-order valence-electron chi connectivity index (χ4n) is 2.06. The first-order valence-corrected chi connectivity index (χ1v) is 7.15. The van der Waals surface area contributed by atoms with Gasteiger partial charge in [-0.25, -0.2) is 4.98 Å². The van der Waals surface area contributed by atoms with Gasteiger partial charge in [0.1, 0.15) is 5.75 Å². The van der Waals surface area contributed by atoms with Crippen molar-refractivity contribution in [2.24, 2.45) is 5.92 Å². The molecule has 0 saturated carbocycles. The molecule has 0 N–H and O–H groups in total. The molecule has 3 rings (SSSR count). The summed E-state index contributed by atoms with van der Waals surface area (Å²) < 4.78 is 5.36. The number of esters is 1. The van der Waals surface area contributed by atoms with Crippen LogP contribution >= 0.6 is 11.8 Å². The first-order valence-electron chi connectivity index (χ1n) is 6.16. The highest BCUT2D eigenvalue weighted by Gasteiger charge is 2.28. The second-order valence-corrected chi connectivity index (χ2v) is 5.45. The molecule has 1 aromatic heterocycles. The zero-order chi connectivity index (χ0) is 13.1. The number of para-hydroxylation sites is 1. The number of carbonyl (C=O) groups excluding carboxylic acids is 1. The quantitative estimate of drug-likeness (QED) is 0.489. The zero-order valence-electron chi connectivity index (χ0n) is 10.3. The van der Waals surface area contributed by atoms with Crippen LogP contribution in [0.4, 0.5) is 0 Å². The molecule has 3 nitrogen and oxygen atoms in total. The first-order chi connectivity index (χ1) is 9.33. The molecule has 19 heavy (non-hydrogen) atoms. The second kappa shape index (κ2) is 5.45. The molecule has 4 heteroatoms. The van der Waals surface area contributed by atoms with Crippen molar-refractivity contribution in [1.82, 2.24) is 4.98 Å². The van der Waals surface area contributed by atoms with Crippen molar-refractivity contribution in [3.63, 3.8) is 0 Å². The largest absolute Gasteiger partial charge is 0.426 e.